The summed E-state index contributed by atoms with van der Waals surface area (Å²) < 4.78 is 15.5. The topological polar surface area (TPSA) is 39.7 Å². The highest BCUT2D eigenvalue weighted by atomic mass is 16.5. The Morgan fingerprint density at radius 2 is 1.79 bits per heavy atom. The van der Waals surface area contributed by atoms with Gasteiger partial charge in [-0.2, -0.15) is 0 Å². The molecule has 86 valence electrons. The van der Waals surface area contributed by atoms with Crippen LogP contribution in [0.5, 0.6) is 0 Å². The van der Waals surface area contributed by atoms with E-state index in [1.807, 2.05) is 13.8 Å². The highest BCUT2D eigenvalue weighted by Gasteiger charge is 2.08. The molecule has 1 atom stereocenters. The van der Waals surface area contributed by atoms with Gasteiger partial charge in [-0.1, -0.05) is 0 Å². The second-order valence-corrected chi connectivity index (χ2v) is 3.48. The number of ether oxygens (including phenoxy) is 3. The van der Waals surface area contributed by atoms with Crippen LogP contribution in [0.1, 0.15) is 13.8 Å². The van der Waals surface area contributed by atoms with Crippen molar-refractivity contribution >= 4 is 0 Å². The highest BCUT2D eigenvalue weighted by molar-refractivity contribution is 4.65. The van der Waals surface area contributed by atoms with E-state index in [1.54, 1.807) is 14.2 Å². The van der Waals surface area contributed by atoms with Crippen molar-refractivity contribution in [3.8, 4) is 0 Å². The van der Waals surface area contributed by atoms with Crippen molar-refractivity contribution in [2.45, 2.75) is 26.0 Å². The predicted molar refractivity (Wildman–Crippen MR) is 56.6 cm³/mol. The molecule has 0 aliphatic heterocycles. The molecule has 0 aromatic heterocycles. The zero-order chi connectivity index (χ0) is 10.8. The van der Waals surface area contributed by atoms with Crippen molar-refractivity contribution < 1.29 is 14.2 Å². The van der Waals surface area contributed by atoms with Crippen LogP contribution in [-0.2, 0) is 14.2 Å². The Morgan fingerprint density at radius 1 is 1.07 bits per heavy atom. The van der Waals surface area contributed by atoms with Crippen LogP contribution >= 0.6 is 0 Å². The van der Waals surface area contributed by atoms with Gasteiger partial charge in [0.25, 0.3) is 0 Å². The number of methoxy groups -OCH3 is 2. The quantitative estimate of drug-likeness (QED) is 0.561. The van der Waals surface area contributed by atoms with Gasteiger partial charge in [0, 0.05) is 20.8 Å². The monoisotopic (exact) mass is 205 g/mol. The van der Waals surface area contributed by atoms with Crippen LogP contribution in [0.3, 0.4) is 0 Å². The van der Waals surface area contributed by atoms with E-state index in [0.717, 1.165) is 6.54 Å². The SMILES string of the molecule is COCCNC(COC)COC(C)C. The summed E-state index contributed by atoms with van der Waals surface area (Å²) in [6.07, 6.45) is 0.263. The molecule has 4 nitrogen and oxygen atoms in total. The molecule has 0 fully saturated rings. The van der Waals surface area contributed by atoms with Gasteiger partial charge >= 0.3 is 0 Å². The van der Waals surface area contributed by atoms with Crippen molar-refractivity contribution in [3.05, 3.63) is 0 Å². The Kier molecular flexibility index (Phi) is 9.29. The number of nitrogens with one attached hydrogen (secondary N) is 1. The maximum atomic E-state index is 5.50. The third-order valence-corrected chi connectivity index (χ3v) is 1.74. The summed E-state index contributed by atoms with van der Waals surface area (Å²) in [5, 5.41) is 3.30. The zero-order valence-corrected chi connectivity index (χ0v) is 9.71. The molecule has 0 heterocycles. The first-order valence-electron chi connectivity index (χ1n) is 5.03. The van der Waals surface area contributed by atoms with Crippen LogP contribution in [0.15, 0.2) is 0 Å². The Hall–Kier alpha value is -0.160. The fourth-order valence-corrected chi connectivity index (χ4v) is 1.04. The first-order chi connectivity index (χ1) is 6.70. The summed E-state index contributed by atoms with van der Waals surface area (Å²) in [5.41, 5.74) is 0. The summed E-state index contributed by atoms with van der Waals surface area (Å²) in [6.45, 7) is 6.93. The summed E-state index contributed by atoms with van der Waals surface area (Å²) in [4.78, 5) is 0. The molecule has 1 unspecified atom stereocenters. The molecule has 0 aromatic carbocycles. The van der Waals surface area contributed by atoms with E-state index in [2.05, 4.69) is 5.32 Å². The van der Waals surface area contributed by atoms with Crippen LogP contribution in [-0.4, -0.2) is 52.7 Å². The van der Waals surface area contributed by atoms with E-state index in [4.69, 9.17) is 14.2 Å². The van der Waals surface area contributed by atoms with Crippen molar-refractivity contribution in [1.29, 1.82) is 0 Å². The summed E-state index contributed by atoms with van der Waals surface area (Å²) >= 11 is 0. The van der Waals surface area contributed by atoms with E-state index in [0.29, 0.717) is 19.8 Å². The lowest BCUT2D eigenvalue weighted by molar-refractivity contribution is 0.0373. The Morgan fingerprint density at radius 3 is 2.29 bits per heavy atom. The average Bonchev–Trinajstić information content (AvgIpc) is 2.14. The third-order valence-electron chi connectivity index (χ3n) is 1.74. The van der Waals surface area contributed by atoms with Gasteiger partial charge < -0.3 is 19.5 Å². The van der Waals surface area contributed by atoms with E-state index in [-0.39, 0.29) is 12.1 Å². The lowest BCUT2D eigenvalue weighted by atomic mass is 10.3. The molecular formula is C10H23NO3. The molecule has 0 bridgehead atoms. The molecule has 0 aliphatic rings. The van der Waals surface area contributed by atoms with Crippen LogP contribution in [0.25, 0.3) is 0 Å². The first-order valence-corrected chi connectivity index (χ1v) is 5.03. The van der Waals surface area contributed by atoms with Crippen LogP contribution in [0.2, 0.25) is 0 Å². The minimum Gasteiger partial charge on any atom is -0.383 e. The molecule has 4 heteroatoms. The van der Waals surface area contributed by atoms with Crippen LogP contribution in [0, 0.1) is 0 Å². The Bertz CT molecular complexity index is 120. The Labute approximate surface area is 86.9 Å². The smallest absolute Gasteiger partial charge is 0.0645 e. The van der Waals surface area contributed by atoms with Gasteiger partial charge in [0.15, 0.2) is 0 Å². The predicted octanol–water partition coefficient (Wildman–Crippen LogP) is 0.662. The van der Waals surface area contributed by atoms with E-state index in [9.17, 15) is 0 Å². The number of hydrogen-bond acceptors (Lipinski definition) is 4. The number of rotatable bonds is 9. The molecule has 0 rings (SSSR count). The van der Waals surface area contributed by atoms with Crippen molar-refractivity contribution in [2.75, 3.05) is 40.6 Å². The van der Waals surface area contributed by atoms with Gasteiger partial charge in [0.2, 0.25) is 0 Å². The summed E-state index contributed by atoms with van der Waals surface area (Å²) in [7, 11) is 3.39. The molecule has 0 saturated carbocycles. The summed E-state index contributed by atoms with van der Waals surface area (Å²) in [5.74, 6) is 0. The van der Waals surface area contributed by atoms with Gasteiger partial charge in [-0.3, -0.25) is 0 Å². The number of hydrogen-bond donors (Lipinski definition) is 1. The molecular weight excluding hydrogens is 182 g/mol. The lowest BCUT2D eigenvalue weighted by Gasteiger charge is -2.19. The molecule has 0 radical (unpaired) electrons. The first kappa shape index (κ1) is 13.8. The van der Waals surface area contributed by atoms with Gasteiger partial charge in [-0.05, 0) is 13.8 Å². The van der Waals surface area contributed by atoms with E-state index in [1.165, 1.54) is 0 Å². The second-order valence-electron chi connectivity index (χ2n) is 3.48. The minimum absolute atomic E-state index is 0.248. The zero-order valence-electron chi connectivity index (χ0n) is 9.71. The maximum Gasteiger partial charge on any atom is 0.0645 e. The van der Waals surface area contributed by atoms with Crippen molar-refractivity contribution in [1.82, 2.24) is 5.32 Å². The molecule has 1 N–H and O–H groups in total. The third kappa shape index (κ3) is 8.44. The van der Waals surface area contributed by atoms with Gasteiger partial charge in [-0.15, -0.1) is 0 Å². The standard InChI is InChI=1S/C10H23NO3/c1-9(2)14-8-10(7-13-4)11-5-6-12-3/h9-11H,5-8H2,1-4H3. The second kappa shape index (κ2) is 9.40. The lowest BCUT2D eigenvalue weighted by Crippen LogP contribution is -2.39. The Balaban J connectivity index is 3.54. The molecule has 0 amide bonds. The molecule has 14 heavy (non-hydrogen) atoms. The van der Waals surface area contributed by atoms with Crippen LogP contribution < -0.4 is 5.32 Å². The van der Waals surface area contributed by atoms with Gasteiger partial charge in [0.05, 0.1) is 32.0 Å². The van der Waals surface area contributed by atoms with Crippen molar-refractivity contribution in [2.24, 2.45) is 0 Å². The maximum absolute atomic E-state index is 5.50. The average molecular weight is 205 g/mol. The largest absolute Gasteiger partial charge is 0.383 e. The normalized spacial score (nSPS) is 13.5. The summed E-state index contributed by atoms with van der Waals surface area (Å²) in [6, 6.07) is 0.248. The minimum atomic E-state index is 0.248. The molecule has 0 spiro atoms. The van der Waals surface area contributed by atoms with Crippen molar-refractivity contribution in [3.63, 3.8) is 0 Å². The highest BCUT2D eigenvalue weighted by Crippen LogP contribution is 1.92. The molecule has 0 saturated heterocycles. The fraction of sp³-hybridized carbons (Fsp3) is 1.00. The van der Waals surface area contributed by atoms with Gasteiger partial charge in [0.1, 0.15) is 0 Å². The molecule has 0 aliphatic carbocycles. The fourth-order valence-electron chi connectivity index (χ4n) is 1.04. The van der Waals surface area contributed by atoms with Gasteiger partial charge in [-0.25, -0.2) is 0 Å². The van der Waals surface area contributed by atoms with E-state index >= 15 is 0 Å². The van der Waals surface area contributed by atoms with E-state index < -0.39 is 0 Å². The van der Waals surface area contributed by atoms with Crippen LogP contribution in [0.4, 0.5) is 0 Å². The molecule has 0 aromatic rings.